The summed E-state index contributed by atoms with van der Waals surface area (Å²) in [5, 5.41) is 1.83. The quantitative estimate of drug-likeness (QED) is 0.521. The predicted molar refractivity (Wildman–Crippen MR) is 109 cm³/mol. The number of carbonyl (C=O) groups excluding carboxylic acids is 1. The predicted octanol–water partition coefficient (Wildman–Crippen LogP) is 4.17. The van der Waals surface area contributed by atoms with Crippen molar-refractivity contribution in [1.29, 1.82) is 0 Å². The molecule has 0 radical (unpaired) electrons. The van der Waals surface area contributed by atoms with Gasteiger partial charge >= 0.3 is 0 Å². The van der Waals surface area contributed by atoms with Crippen LogP contribution in [0.5, 0.6) is 11.5 Å². The molecule has 0 saturated heterocycles. The molecule has 0 atom stereocenters. The van der Waals surface area contributed by atoms with Gasteiger partial charge in [-0.25, -0.2) is 0 Å². The Hall–Kier alpha value is -3.73. The zero-order valence-corrected chi connectivity index (χ0v) is 15.2. The number of amides is 1. The first-order chi connectivity index (χ1) is 13.8. The lowest BCUT2D eigenvalue weighted by atomic mass is 10.2. The summed E-state index contributed by atoms with van der Waals surface area (Å²) in [5.74, 6) is 1.20. The Balaban J connectivity index is 1.47. The minimum Gasteiger partial charge on any atom is -0.454 e. The van der Waals surface area contributed by atoms with Gasteiger partial charge in [-0.2, -0.15) is 0 Å². The van der Waals surface area contributed by atoms with Crippen LogP contribution in [0.4, 0.5) is 5.69 Å². The number of anilines is 1. The third kappa shape index (κ3) is 4.32. The van der Waals surface area contributed by atoms with Gasteiger partial charge in [-0.15, -0.1) is 0 Å². The number of para-hydroxylation sites is 1. The van der Waals surface area contributed by atoms with Crippen molar-refractivity contribution in [2.24, 2.45) is 0 Å². The van der Waals surface area contributed by atoms with Crippen molar-refractivity contribution in [1.82, 2.24) is 5.43 Å². The summed E-state index contributed by atoms with van der Waals surface area (Å²) in [6.45, 7) is 0.795. The molecular formula is C23H20N2O3. The van der Waals surface area contributed by atoms with E-state index in [4.69, 9.17) is 9.47 Å². The minimum atomic E-state index is -0.211. The number of carbonyl (C=O) groups is 1. The molecule has 1 N–H and O–H groups in total. The SMILES string of the molecule is O=C(/C=C/c1ccc2c(c1)OCO2)NN(Cc1ccccc1)c1ccccc1. The number of rotatable bonds is 6. The van der Waals surface area contributed by atoms with Crippen LogP contribution in [0.3, 0.4) is 0 Å². The van der Waals surface area contributed by atoms with E-state index in [1.54, 1.807) is 6.08 Å². The van der Waals surface area contributed by atoms with Crippen molar-refractivity contribution < 1.29 is 14.3 Å². The summed E-state index contributed by atoms with van der Waals surface area (Å²) in [7, 11) is 0. The van der Waals surface area contributed by atoms with E-state index in [9.17, 15) is 4.79 Å². The molecule has 0 aromatic heterocycles. The van der Waals surface area contributed by atoms with E-state index in [0.29, 0.717) is 12.3 Å². The highest BCUT2D eigenvalue weighted by Crippen LogP contribution is 2.32. The number of nitrogens with zero attached hydrogens (tertiary/aromatic N) is 1. The van der Waals surface area contributed by atoms with Gasteiger partial charge in [0, 0.05) is 6.08 Å². The standard InChI is InChI=1S/C23H20N2O3/c26-23(14-12-18-11-13-21-22(15-18)28-17-27-21)24-25(20-9-5-2-6-10-20)16-19-7-3-1-4-8-19/h1-15H,16-17H2,(H,24,26)/b14-12+. The van der Waals surface area contributed by atoms with Crippen molar-refractivity contribution in [3.8, 4) is 11.5 Å². The molecule has 3 aromatic rings. The first-order valence-electron chi connectivity index (χ1n) is 9.03. The molecule has 0 aliphatic carbocycles. The molecule has 4 rings (SSSR count). The van der Waals surface area contributed by atoms with Gasteiger partial charge in [-0.05, 0) is 41.5 Å². The second-order valence-electron chi connectivity index (χ2n) is 6.33. The Kier molecular flexibility index (Phi) is 5.24. The van der Waals surface area contributed by atoms with Crippen LogP contribution in [0.2, 0.25) is 0 Å². The fourth-order valence-electron chi connectivity index (χ4n) is 2.93. The number of hydrogen-bond acceptors (Lipinski definition) is 4. The maximum Gasteiger partial charge on any atom is 0.262 e. The normalized spacial score (nSPS) is 12.1. The van der Waals surface area contributed by atoms with Gasteiger partial charge in [0.1, 0.15) is 0 Å². The van der Waals surface area contributed by atoms with Crippen LogP contribution >= 0.6 is 0 Å². The van der Waals surface area contributed by atoms with E-state index in [0.717, 1.165) is 22.6 Å². The maximum atomic E-state index is 12.5. The largest absolute Gasteiger partial charge is 0.454 e. The summed E-state index contributed by atoms with van der Waals surface area (Å²) < 4.78 is 10.7. The first kappa shape index (κ1) is 17.7. The van der Waals surface area contributed by atoms with E-state index < -0.39 is 0 Å². The van der Waals surface area contributed by atoms with Gasteiger partial charge in [0.15, 0.2) is 11.5 Å². The Morgan fingerprint density at radius 2 is 1.64 bits per heavy atom. The molecule has 5 heteroatoms. The van der Waals surface area contributed by atoms with E-state index in [1.165, 1.54) is 6.08 Å². The third-order valence-corrected chi connectivity index (χ3v) is 4.32. The topological polar surface area (TPSA) is 50.8 Å². The maximum absolute atomic E-state index is 12.5. The Morgan fingerprint density at radius 1 is 0.929 bits per heavy atom. The Morgan fingerprint density at radius 3 is 2.43 bits per heavy atom. The summed E-state index contributed by atoms with van der Waals surface area (Å²) >= 11 is 0. The van der Waals surface area contributed by atoms with Gasteiger partial charge in [0.2, 0.25) is 6.79 Å². The van der Waals surface area contributed by atoms with E-state index in [2.05, 4.69) is 5.43 Å². The lowest BCUT2D eigenvalue weighted by Gasteiger charge is -2.25. The Labute approximate surface area is 163 Å². The summed E-state index contributed by atoms with van der Waals surface area (Å²) in [5.41, 5.74) is 5.84. The highest BCUT2D eigenvalue weighted by molar-refractivity contribution is 5.92. The van der Waals surface area contributed by atoms with Gasteiger partial charge in [0.25, 0.3) is 5.91 Å². The fraction of sp³-hybridized carbons (Fsp3) is 0.0870. The van der Waals surface area contributed by atoms with Crippen LogP contribution in [-0.2, 0) is 11.3 Å². The van der Waals surface area contributed by atoms with E-state index in [1.807, 2.05) is 83.9 Å². The number of fused-ring (bicyclic) bond motifs is 1. The second kappa shape index (κ2) is 8.31. The molecule has 1 aliphatic heterocycles. The molecule has 1 heterocycles. The summed E-state index contributed by atoms with van der Waals surface area (Å²) in [6.07, 6.45) is 3.27. The van der Waals surface area contributed by atoms with E-state index in [-0.39, 0.29) is 12.7 Å². The summed E-state index contributed by atoms with van der Waals surface area (Å²) in [4.78, 5) is 12.5. The fourth-order valence-corrected chi connectivity index (χ4v) is 2.93. The highest BCUT2D eigenvalue weighted by Gasteiger charge is 2.13. The molecule has 3 aromatic carbocycles. The van der Waals surface area contributed by atoms with Crippen LogP contribution in [0.15, 0.2) is 84.9 Å². The minimum absolute atomic E-state index is 0.211. The van der Waals surface area contributed by atoms with Crippen molar-refractivity contribution in [3.63, 3.8) is 0 Å². The second-order valence-corrected chi connectivity index (χ2v) is 6.33. The van der Waals surface area contributed by atoms with Crippen LogP contribution in [0.25, 0.3) is 6.08 Å². The Bertz CT molecular complexity index is 972. The molecule has 5 nitrogen and oxygen atoms in total. The van der Waals surface area contributed by atoms with Gasteiger partial charge in [-0.1, -0.05) is 54.6 Å². The average molecular weight is 372 g/mol. The number of hydrazine groups is 1. The molecule has 0 saturated carbocycles. The van der Waals surface area contributed by atoms with Crippen LogP contribution < -0.4 is 19.9 Å². The summed E-state index contributed by atoms with van der Waals surface area (Å²) in [6, 6.07) is 25.4. The third-order valence-electron chi connectivity index (χ3n) is 4.32. The van der Waals surface area contributed by atoms with Gasteiger partial charge < -0.3 is 9.47 Å². The van der Waals surface area contributed by atoms with Crippen LogP contribution in [0, 0.1) is 0 Å². The van der Waals surface area contributed by atoms with E-state index >= 15 is 0 Å². The molecule has 140 valence electrons. The molecule has 0 spiro atoms. The number of hydrogen-bond donors (Lipinski definition) is 1. The molecule has 0 unspecified atom stereocenters. The first-order valence-corrected chi connectivity index (χ1v) is 9.03. The number of nitrogens with one attached hydrogen (secondary N) is 1. The monoisotopic (exact) mass is 372 g/mol. The molecular weight excluding hydrogens is 352 g/mol. The average Bonchev–Trinajstić information content (AvgIpc) is 3.21. The van der Waals surface area contributed by atoms with Crippen molar-refractivity contribution in [2.45, 2.75) is 6.54 Å². The van der Waals surface area contributed by atoms with Crippen molar-refractivity contribution in [3.05, 3.63) is 96.1 Å². The molecule has 1 aliphatic rings. The van der Waals surface area contributed by atoms with Crippen LogP contribution in [-0.4, -0.2) is 12.7 Å². The zero-order chi connectivity index (χ0) is 19.2. The number of ether oxygens (including phenoxy) is 2. The lowest BCUT2D eigenvalue weighted by Crippen LogP contribution is -2.41. The lowest BCUT2D eigenvalue weighted by molar-refractivity contribution is -0.116. The highest BCUT2D eigenvalue weighted by atomic mass is 16.7. The van der Waals surface area contributed by atoms with Crippen molar-refractivity contribution >= 4 is 17.7 Å². The molecule has 1 amide bonds. The van der Waals surface area contributed by atoms with Crippen molar-refractivity contribution in [2.75, 3.05) is 11.8 Å². The molecule has 0 bridgehead atoms. The van der Waals surface area contributed by atoms with Crippen LogP contribution in [0.1, 0.15) is 11.1 Å². The smallest absolute Gasteiger partial charge is 0.262 e. The number of benzene rings is 3. The molecule has 0 fully saturated rings. The van der Waals surface area contributed by atoms with Gasteiger partial charge in [0.05, 0.1) is 12.2 Å². The molecule has 28 heavy (non-hydrogen) atoms. The van der Waals surface area contributed by atoms with Gasteiger partial charge in [-0.3, -0.25) is 15.2 Å². The zero-order valence-electron chi connectivity index (χ0n) is 15.2.